The fraction of sp³-hybridized carbons (Fsp3) is 0.364. The molecule has 6 heteroatoms. The summed E-state index contributed by atoms with van der Waals surface area (Å²) < 4.78 is 0. The number of halogens is 1. The number of carbonyl (C=O) groups is 1. The molecule has 0 spiro atoms. The lowest BCUT2D eigenvalue weighted by Crippen LogP contribution is -2.37. The van der Waals surface area contributed by atoms with Crippen LogP contribution in [0.3, 0.4) is 0 Å². The van der Waals surface area contributed by atoms with Gasteiger partial charge in [0.25, 0.3) is 0 Å². The maximum atomic E-state index is 12.3. The third-order valence-electron chi connectivity index (χ3n) is 4.97. The number of nitriles is 1. The Morgan fingerprint density at radius 2 is 1.71 bits per heavy atom. The summed E-state index contributed by atoms with van der Waals surface area (Å²) in [5.74, 6) is -0.166. The first kappa shape index (κ1) is 20.3. The molecule has 0 bridgehead atoms. The predicted molar refractivity (Wildman–Crippen MR) is 112 cm³/mol. The maximum Gasteiger partial charge on any atom is 0.238 e. The van der Waals surface area contributed by atoms with Crippen LogP contribution >= 0.6 is 11.6 Å². The summed E-state index contributed by atoms with van der Waals surface area (Å²) in [6.07, 6.45) is 0.984. The highest BCUT2D eigenvalue weighted by Crippen LogP contribution is 2.20. The Morgan fingerprint density at radius 3 is 2.43 bits per heavy atom. The Bertz CT molecular complexity index is 804. The number of hydrogen-bond donors (Lipinski definition) is 1. The molecule has 2 aromatic rings. The standard InChI is InChI=1S/C22H25ClN4O/c23-20-9-7-18(8-10-20)19(15-24)16-26-11-4-12-27(14-13-26)17-22(28)25-21-5-2-1-3-6-21/h1-3,5-10,19H,4,11-14,16-17H2,(H,25,28). The summed E-state index contributed by atoms with van der Waals surface area (Å²) in [4.78, 5) is 16.8. The van der Waals surface area contributed by atoms with E-state index >= 15 is 0 Å². The topological polar surface area (TPSA) is 59.4 Å². The van der Waals surface area contributed by atoms with Crippen molar-refractivity contribution in [3.8, 4) is 6.07 Å². The number of nitrogens with zero attached hydrogens (tertiary/aromatic N) is 3. The zero-order chi connectivity index (χ0) is 19.8. The Balaban J connectivity index is 1.49. The van der Waals surface area contributed by atoms with Crippen molar-refractivity contribution in [3.63, 3.8) is 0 Å². The molecule has 1 aliphatic heterocycles. The summed E-state index contributed by atoms with van der Waals surface area (Å²) in [6.45, 7) is 4.58. The number of anilines is 1. The molecule has 28 heavy (non-hydrogen) atoms. The third kappa shape index (κ3) is 6.07. The van der Waals surface area contributed by atoms with Crippen LogP contribution < -0.4 is 5.32 Å². The highest BCUT2D eigenvalue weighted by molar-refractivity contribution is 6.30. The van der Waals surface area contributed by atoms with E-state index in [-0.39, 0.29) is 11.8 Å². The lowest BCUT2D eigenvalue weighted by atomic mass is 10.00. The molecule has 0 saturated carbocycles. The van der Waals surface area contributed by atoms with Crippen LogP contribution in [0.4, 0.5) is 5.69 Å². The molecular weight excluding hydrogens is 372 g/mol. The molecule has 5 nitrogen and oxygen atoms in total. The molecular formula is C22H25ClN4O. The SMILES string of the molecule is N#CC(CN1CCCN(CC(=O)Nc2ccccc2)CC1)c1ccc(Cl)cc1. The van der Waals surface area contributed by atoms with Gasteiger partial charge < -0.3 is 10.2 Å². The first-order chi connectivity index (χ1) is 13.6. The van der Waals surface area contributed by atoms with Crippen molar-refractivity contribution in [2.75, 3.05) is 44.6 Å². The molecule has 1 fully saturated rings. The van der Waals surface area contributed by atoms with E-state index in [9.17, 15) is 10.1 Å². The van der Waals surface area contributed by atoms with Crippen molar-refractivity contribution in [1.82, 2.24) is 9.80 Å². The molecule has 1 amide bonds. The van der Waals surface area contributed by atoms with Crippen molar-refractivity contribution in [3.05, 3.63) is 65.2 Å². The van der Waals surface area contributed by atoms with Gasteiger partial charge in [-0.25, -0.2) is 0 Å². The molecule has 2 aromatic carbocycles. The van der Waals surface area contributed by atoms with E-state index in [4.69, 9.17) is 11.6 Å². The van der Waals surface area contributed by atoms with Gasteiger partial charge in [-0.1, -0.05) is 41.9 Å². The second kappa shape index (κ2) is 10.2. The third-order valence-corrected chi connectivity index (χ3v) is 5.23. The van der Waals surface area contributed by atoms with Gasteiger partial charge in [0, 0.05) is 30.3 Å². The smallest absolute Gasteiger partial charge is 0.238 e. The van der Waals surface area contributed by atoms with Gasteiger partial charge in [0.15, 0.2) is 0 Å². The van der Waals surface area contributed by atoms with Crippen LogP contribution in [0.1, 0.15) is 17.9 Å². The number of nitrogens with one attached hydrogen (secondary N) is 1. The van der Waals surface area contributed by atoms with Gasteiger partial charge >= 0.3 is 0 Å². The lowest BCUT2D eigenvalue weighted by molar-refractivity contribution is -0.117. The van der Waals surface area contributed by atoms with Gasteiger partial charge in [-0.2, -0.15) is 5.26 Å². The summed E-state index contributed by atoms with van der Waals surface area (Å²) in [6, 6.07) is 19.4. The second-order valence-corrected chi connectivity index (χ2v) is 7.51. The van der Waals surface area contributed by atoms with Gasteiger partial charge in [0.2, 0.25) is 5.91 Å². The van der Waals surface area contributed by atoms with E-state index in [1.165, 1.54) is 0 Å². The summed E-state index contributed by atoms with van der Waals surface area (Å²) >= 11 is 5.95. The first-order valence-electron chi connectivity index (χ1n) is 9.59. The zero-order valence-corrected chi connectivity index (χ0v) is 16.6. The minimum absolute atomic E-state index is 0.00992. The number of rotatable bonds is 6. The van der Waals surface area contributed by atoms with Gasteiger partial charge in [-0.15, -0.1) is 0 Å². The normalized spacial score (nSPS) is 16.7. The van der Waals surface area contributed by atoms with Crippen LogP contribution in [0, 0.1) is 11.3 Å². The average Bonchev–Trinajstić information content (AvgIpc) is 2.92. The minimum Gasteiger partial charge on any atom is -0.325 e. The summed E-state index contributed by atoms with van der Waals surface area (Å²) in [5, 5.41) is 13.2. The molecule has 1 unspecified atom stereocenters. The fourth-order valence-electron chi connectivity index (χ4n) is 3.46. The fourth-order valence-corrected chi connectivity index (χ4v) is 3.59. The Labute approximate surface area is 171 Å². The molecule has 0 radical (unpaired) electrons. The van der Waals surface area contributed by atoms with E-state index in [2.05, 4.69) is 21.2 Å². The van der Waals surface area contributed by atoms with Crippen molar-refractivity contribution in [1.29, 1.82) is 5.26 Å². The van der Waals surface area contributed by atoms with Crippen molar-refractivity contribution in [2.24, 2.45) is 0 Å². The summed E-state index contributed by atoms with van der Waals surface area (Å²) in [7, 11) is 0. The number of hydrogen-bond acceptors (Lipinski definition) is 4. The van der Waals surface area contributed by atoms with E-state index in [1.54, 1.807) is 0 Å². The number of carbonyl (C=O) groups excluding carboxylic acids is 1. The van der Waals surface area contributed by atoms with Crippen LogP contribution in [0.2, 0.25) is 5.02 Å². The van der Waals surface area contributed by atoms with Crippen LogP contribution in [-0.4, -0.2) is 55.0 Å². The molecule has 3 rings (SSSR count). The highest BCUT2D eigenvalue weighted by Gasteiger charge is 2.20. The summed E-state index contributed by atoms with van der Waals surface area (Å²) in [5.41, 5.74) is 1.82. The Morgan fingerprint density at radius 1 is 1.04 bits per heavy atom. The van der Waals surface area contributed by atoms with Gasteiger partial charge in [0.05, 0.1) is 18.5 Å². The van der Waals surface area contributed by atoms with Crippen LogP contribution in [-0.2, 0) is 4.79 Å². The monoisotopic (exact) mass is 396 g/mol. The highest BCUT2D eigenvalue weighted by atomic mass is 35.5. The first-order valence-corrected chi connectivity index (χ1v) is 9.96. The molecule has 1 saturated heterocycles. The Kier molecular flexibility index (Phi) is 7.44. The van der Waals surface area contributed by atoms with Crippen LogP contribution in [0.15, 0.2) is 54.6 Å². The zero-order valence-electron chi connectivity index (χ0n) is 15.9. The van der Waals surface area contributed by atoms with Crippen molar-refractivity contribution in [2.45, 2.75) is 12.3 Å². The van der Waals surface area contributed by atoms with E-state index in [0.29, 0.717) is 18.1 Å². The molecule has 0 aliphatic carbocycles. The van der Waals surface area contributed by atoms with Crippen molar-refractivity contribution >= 4 is 23.2 Å². The lowest BCUT2D eigenvalue weighted by Gasteiger charge is -2.23. The molecule has 1 heterocycles. The second-order valence-electron chi connectivity index (χ2n) is 7.08. The largest absolute Gasteiger partial charge is 0.325 e. The molecule has 146 valence electrons. The van der Waals surface area contributed by atoms with E-state index in [0.717, 1.165) is 43.9 Å². The molecule has 1 atom stereocenters. The van der Waals surface area contributed by atoms with Crippen LogP contribution in [0.25, 0.3) is 0 Å². The number of benzene rings is 2. The van der Waals surface area contributed by atoms with Gasteiger partial charge in [0.1, 0.15) is 0 Å². The molecule has 1 N–H and O–H groups in total. The van der Waals surface area contributed by atoms with Crippen LogP contribution in [0.5, 0.6) is 0 Å². The Hall–Kier alpha value is -2.39. The predicted octanol–water partition coefficient (Wildman–Crippen LogP) is 3.59. The van der Waals surface area contributed by atoms with E-state index < -0.39 is 0 Å². The van der Waals surface area contributed by atoms with Crippen molar-refractivity contribution < 1.29 is 4.79 Å². The maximum absolute atomic E-state index is 12.3. The van der Waals surface area contributed by atoms with Gasteiger partial charge in [-0.05, 0) is 49.3 Å². The average molecular weight is 397 g/mol. The number of para-hydroxylation sites is 1. The number of amides is 1. The molecule has 0 aromatic heterocycles. The molecule has 1 aliphatic rings. The minimum atomic E-state index is -0.176. The quantitative estimate of drug-likeness (QED) is 0.810. The van der Waals surface area contributed by atoms with E-state index in [1.807, 2.05) is 54.6 Å². The van der Waals surface area contributed by atoms with Gasteiger partial charge in [-0.3, -0.25) is 9.69 Å².